The molecule has 3 heterocycles. The lowest BCUT2D eigenvalue weighted by atomic mass is 9.94. The number of halogens is 1. The van der Waals surface area contributed by atoms with E-state index in [0.29, 0.717) is 22.4 Å². The zero-order valence-corrected chi connectivity index (χ0v) is 16.9. The monoisotopic (exact) mass is 406 g/mol. The van der Waals surface area contributed by atoms with Crippen molar-refractivity contribution in [3.63, 3.8) is 0 Å². The van der Waals surface area contributed by atoms with Crippen molar-refractivity contribution in [2.24, 2.45) is 0 Å². The second kappa shape index (κ2) is 6.49. The minimum absolute atomic E-state index is 0.255. The van der Waals surface area contributed by atoms with Crippen LogP contribution in [-0.2, 0) is 6.42 Å². The van der Waals surface area contributed by atoms with Gasteiger partial charge in [0.25, 0.3) is 0 Å². The molecule has 0 bridgehead atoms. The molecular weight excluding hydrogens is 387 g/mol. The number of nitrogens with one attached hydrogen (secondary N) is 2. The summed E-state index contributed by atoms with van der Waals surface area (Å²) in [6.07, 6.45) is 5.75. The van der Waals surface area contributed by atoms with Gasteiger partial charge in [-0.1, -0.05) is 18.7 Å². The van der Waals surface area contributed by atoms with E-state index in [1.807, 2.05) is 38.4 Å². The average Bonchev–Trinajstić information content (AvgIpc) is 3.15. The highest BCUT2D eigenvalue weighted by Gasteiger charge is 2.45. The van der Waals surface area contributed by atoms with Crippen LogP contribution in [0.3, 0.4) is 0 Å². The molecule has 0 unspecified atom stereocenters. The number of hydrogen-bond acceptors (Lipinski definition) is 5. The standard InChI is InChI=1S/C21H19FN6S/c1-3-14-17(12-4-7-28-13(8-12)9-16(24-2)27-28)15-10-25-26-19(15)20(18(14)22)29-21(11-23)5-6-21/h4,7-10H,3,5-6H2,1-2H3,(H,24,27)(H,25,26). The SMILES string of the molecule is CCc1c(F)c(SC2(C#N)CC2)c2[nH]ncc2c1-c1ccn2nc(NC)cc2c1. The van der Waals surface area contributed by atoms with E-state index in [0.717, 1.165) is 40.7 Å². The van der Waals surface area contributed by atoms with Crippen molar-refractivity contribution < 1.29 is 4.39 Å². The second-order valence-electron chi connectivity index (χ2n) is 7.28. The Morgan fingerprint density at radius 1 is 1.41 bits per heavy atom. The van der Waals surface area contributed by atoms with Crippen LogP contribution >= 0.6 is 11.8 Å². The number of nitrogens with zero attached hydrogens (tertiary/aromatic N) is 4. The quantitative estimate of drug-likeness (QED) is 0.499. The molecule has 4 aromatic rings. The van der Waals surface area contributed by atoms with Gasteiger partial charge in [-0.3, -0.25) is 5.10 Å². The van der Waals surface area contributed by atoms with E-state index >= 15 is 4.39 Å². The summed E-state index contributed by atoms with van der Waals surface area (Å²) in [5.41, 5.74) is 3.99. The van der Waals surface area contributed by atoms with Crippen LogP contribution in [0.5, 0.6) is 0 Å². The molecule has 1 aliphatic carbocycles. The fourth-order valence-electron chi connectivity index (χ4n) is 3.74. The Morgan fingerprint density at radius 3 is 2.93 bits per heavy atom. The van der Waals surface area contributed by atoms with Crippen LogP contribution in [0.4, 0.5) is 10.2 Å². The highest BCUT2D eigenvalue weighted by Crippen LogP contribution is 2.54. The first-order valence-electron chi connectivity index (χ1n) is 9.54. The number of H-pyrrole nitrogens is 1. The Morgan fingerprint density at radius 2 is 2.24 bits per heavy atom. The number of anilines is 1. The molecule has 8 heteroatoms. The first-order chi connectivity index (χ1) is 14.1. The maximum atomic E-state index is 15.7. The third kappa shape index (κ3) is 2.76. The largest absolute Gasteiger partial charge is 0.372 e. The van der Waals surface area contributed by atoms with E-state index in [1.54, 1.807) is 10.7 Å². The van der Waals surface area contributed by atoms with Crippen LogP contribution in [0.15, 0.2) is 35.5 Å². The Labute approximate surface area is 171 Å². The van der Waals surface area contributed by atoms with Gasteiger partial charge in [0, 0.05) is 24.7 Å². The number of benzene rings is 1. The zero-order valence-electron chi connectivity index (χ0n) is 16.1. The highest BCUT2D eigenvalue weighted by molar-refractivity contribution is 8.01. The van der Waals surface area contributed by atoms with Crippen LogP contribution in [-0.4, -0.2) is 31.6 Å². The van der Waals surface area contributed by atoms with E-state index in [4.69, 9.17) is 0 Å². The molecule has 5 rings (SSSR count). The summed E-state index contributed by atoms with van der Waals surface area (Å²) in [4.78, 5) is 0.500. The number of aromatic nitrogens is 4. The predicted octanol–water partition coefficient (Wildman–Crippen LogP) is 4.77. The van der Waals surface area contributed by atoms with Gasteiger partial charge in [-0.25, -0.2) is 8.91 Å². The smallest absolute Gasteiger partial charge is 0.148 e. The molecule has 1 aliphatic rings. The lowest BCUT2D eigenvalue weighted by Gasteiger charge is -2.16. The predicted molar refractivity (Wildman–Crippen MR) is 113 cm³/mol. The Balaban J connectivity index is 1.74. The lowest BCUT2D eigenvalue weighted by molar-refractivity contribution is 0.590. The van der Waals surface area contributed by atoms with Crippen LogP contribution in [0.25, 0.3) is 27.5 Å². The minimum Gasteiger partial charge on any atom is -0.372 e. The zero-order chi connectivity index (χ0) is 20.2. The Hall–Kier alpha value is -3.05. The molecule has 29 heavy (non-hydrogen) atoms. The molecule has 1 saturated carbocycles. The molecule has 1 aromatic carbocycles. The van der Waals surface area contributed by atoms with Crippen molar-refractivity contribution in [3.8, 4) is 17.2 Å². The summed E-state index contributed by atoms with van der Waals surface area (Å²) in [5, 5.41) is 25.0. The number of pyridine rings is 1. The first kappa shape index (κ1) is 18.0. The summed E-state index contributed by atoms with van der Waals surface area (Å²) in [6.45, 7) is 1.95. The number of aromatic amines is 1. The molecule has 0 saturated heterocycles. The molecule has 0 radical (unpaired) electrons. The maximum absolute atomic E-state index is 15.7. The fourth-order valence-corrected chi connectivity index (χ4v) is 4.96. The molecular formula is C21H19FN6S. The topological polar surface area (TPSA) is 81.8 Å². The molecule has 0 atom stereocenters. The third-order valence-electron chi connectivity index (χ3n) is 5.47. The van der Waals surface area contributed by atoms with Gasteiger partial charge < -0.3 is 5.32 Å². The number of fused-ring (bicyclic) bond motifs is 2. The summed E-state index contributed by atoms with van der Waals surface area (Å²) < 4.78 is 17.0. The van der Waals surface area contributed by atoms with E-state index in [-0.39, 0.29) is 5.82 Å². The summed E-state index contributed by atoms with van der Waals surface area (Å²) in [7, 11) is 1.83. The molecule has 1 fully saturated rings. The molecule has 0 aliphatic heterocycles. The molecule has 0 amide bonds. The van der Waals surface area contributed by atoms with Crippen LogP contribution in [0, 0.1) is 17.1 Å². The van der Waals surface area contributed by atoms with Crippen molar-refractivity contribution in [2.45, 2.75) is 35.8 Å². The van der Waals surface area contributed by atoms with Crippen molar-refractivity contribution >= 4 is 34.0 Å². The first-order valence-corrected chi connectivity index (χ1v) is 10.4. The van der Waals surface area contributed by atoms with Gasteiger partial charge >= 0.3 is 0 Å². The van der Waals surface area contributed by atoms with Crippen molar-refractivity contribution in [3.05, 3.63) is 42.0 Å². The normalized spacial score (nSPS) is 15.0. The van der Waals surface area contributed by atoms with Crippen molar-refractivity contribution in [1.82, 2.24) is 19.8 Å². The fraction of sp³-hybridized carbons (Fsp3) is 0.286. The Kier molecular flexibility index (Phi) is 4.03. The number of rotatable bonds is 5. The summed E-state index contributed by atoms with van der Waals surface area (Å²) >= 11 is 1.33. The van der Waals surface area contributed by atoms with Gasteiger partial charge in [0.15, 0.2) is 0 Å². The molecule has 0 spiro atoms. The average molecular weight is 406 g/mol. The van der Waals surface area contributed by atoms with Gasteiger partial charge in [-0.15, -0.1) is 0 Å². The lowest BCUT2D eigenvalue weighted by Crippen LogP contribution is -2.03. The van der Waals surface area contributed by atoms with E-state index < -0.39 is 4.75 Å². The number of thioether (sulfide) groups is 1. The summed E-state index contributed by atoms with van der Waals surface area (Å²) in [5.74, 6) is 0.519. The Bertz CT molecular complexity index is 1290. The number of hydrogen-bond donors (Lipinski definition) is 2. The molecule has 3 aromatic heterocycles. The van der Waals surface area contributed by atoms with Crippen LogP contribution in [0.1, 0.15) is 25.3 Å². The van der Waals surface area contributed by atoms with Crippen molar-refractivity contribution in [2.75, 3.05) is 12.4 Å². The van der Waals surface area contributed by atoms with E-state index in [2.05, 4.69) is 26.7 Å². The van der Waals surface area contributed by atoms with E-state index in [9.17, 15) is 5.26 Å². The van der Waals surface area contributed by atoms with Gasteiger partial charge in [-0.05, 0) is 48.1 Å². The van der Waals surface area contributed by atoms with Gasteiger partial charge in [-0.2, -0.15) is 15.5 Å². The highest BCUT2D eigenvalue weighted by atomic mass is 32.2. The second-order valence-corrected chi connectivity index (χ2v) is 8.68. The number of nitriles is 1. The van der Waals surface area contributed by atoms with Crippen LogP contribution < -0.4 is 5.32 Å². The van der Waals surface area contributed by atoms with Crippen molar-refractivity contribution in [1.29, 1.82) is 5.26 Å². The molecule has 2 N–H and O–H groups in total. The molecule has 6 nitrogen and oxygen atoms in total. The van der Waals surface area contributed by atoms with Gasteiger partial charge in [0.1, 0.15) is 16.4 Å². The maximum Gasteiger partial charge on any atom is 0.148 e. The minimum atomic E-state index is -0.508. The molecule has 146 valence electrons. The van der Waals surface area contributed by atoms with Gasteiger partial charge in [0.05, 0.1) is 28.2 Å². The van der Waals surface area contributed by atoms with E-state index in [1.165, 1.54) is 11.8 Å². The summed E-state index contributed by atoms with van der Waals surface area (Å²) in [6, 6.07) is 8.25. The van der Waals surface area contributed by atoms with Gasteiger partial charge in [0.2, 0.25) is 0 Å². The van der Waals surface area contributed by atoms with Crippen LogP contribution in [0.2, 0.25) is 0 Å². The third-order valence-corrected chi connectivity index (χ3v) is 6.95.